The molecule has 0 N–H and O–H groups in total. The lowest BCUT2D eigenvalue weighted by molar-refractivity contribution is 0.823. The van der Waals surface area contributed by atoms with Gasteiger partial charge < -0.3 is 0 Å². The molecule has 1 rings (SSSR count). The van der Waals surface area contributed by atoms with Gasteiger partial charge in [0.2, 0.25) is 0 Å². The van der Waals surface area contributed by atoms with Gasteiger partial charge in [-0.3, -0.25) is 4.98 Å². The molecule has 0 fully saturated rings. The third-order valence-electron chi connectivity index (χ3n) is 1.86. The van der Waals surface area contributed by atoms with Gasteiger partial charge in [-0.25, -0.2) is 0 Å². The molecular weight excluding hydrogens is 146 g/mol. The van der Waals surface area contributed by atoms with Crippen LogP contribution in [0.15, 0.2) is 31.0 Å². The molecule has 0 aliphatic carbocycles. The van der Waals surface area contributed by atoms with Crippen molar-refractivity contribution in [3.05, 3.63) is 36.7 Å². The summed E-state index contributed by atoms with van der Waals surface area (Å²) in [6, 6.07) is 5.94. The van der Waals surface area contributed by atoms with E-state index in [1.54, 1.807) is 0 Å². The minimum Gasteiger partial charge on any atom is -0.257 e. The van der Waals surface area contributed by atoms with Crippen molar-refractivity contribution in [1.82, 2.24) is 4.98 Å². The van der Waals surface area contributed by atoms with Crippen molar-refractivity contribution in [1.29, 1.82) is 0 Å². The van der Waals surface area contributed by atoms with E-state index >= 15 is 0 Å². The highest BCUT2D eigenvalue weighted by Crippen LogP contribution is 2.15. The first-order valence-corrected chi connectivity index (χ1v) is 4.43. The number of aromatic nitrogens is 1. The minimum absolute atomic E-state index is 1.03. The first kappa shape index (κ1) is 8.98. The molecule has 0 saturated carbocycles. The summed E-state index contributed by atoms with van der Waals surface area (Å²) in [5.74, 6) is 0. The van der Waals surface area contributed by atoms with Gasteiger partial charge >= 0.3 is 0 Å². The first-order valence-electron chi connectivity index (χ1n) is 4.43. The molecule has 0 spiro atoms. The Morgan fingerprint density at radius 2 is 2.33 bits per heavy atom. The molecule has 0 aromatic carbocycles. The molecule has 0 aliphatic heterocycles. The molecule has 1 heterocycles. The first-order chi connectivity index (χ1) is 5.84. The van der Waals surface area contributed by atoms with Crippen molar-refractivity contribution in [3.63, 3.8) is 0 Å². The van der Waals surface area contributed by atoms with Crippen LogP contribution < -0.4 is 0 Å². The molecule has 0 saturated heterocycles. The number of allylic oxidation sites excluding steroid dienone is 1. The smallest absolute Gasteiger partial charge is 0.0655 e. The van der Waals surface area contributed by atoms with Crippen LogP contribution in [0.1, 0.15) is 31.9 Å². The molecule has 1 nitrogen and oxygen atoms in total. The Morgan fingerprint density at radius 3 is 2.92 bits per heavy atom. The summed E-state index contributed by atoms with van der Waals surface area (Å²) in [4.78, 5) is 4.23. The number of hydrogen-bond donors (Lipinski definition) is 0. The van der Waals surface area contributed by atoms with E-state index in [-0.39, 0.29) is 0 Å². The van der Waals surface area contributed by atoms with Crippen LogP contribution in [-0.4, -0.2) is 4.98 Å². The molecule has 0 unspecified atom stereocenters. The number of nitrogens with zero attached hydrogens (tertiary/aromatic N) is 1. The van der Waals surface area contributed by atoms with Crippen molar-refractivity contribution >= 4 is 5.57 Å². The Kier molecular flexibility index (Phi) is 3.52. The molecule has 0 radical (unpaired) electrons. The van der Waals surface area contributed by atoms with E-state index in [2.05, 4.69) is 18.5 Å². The summed E-state index contributed by atoms with van der Waals surface area (Å²) >= 11 is 0. The molecule has 0 amide bonds. The van der Waals surface area contributed by atoms with E-state index in [0.717, 1.165) is 17.7 Å². The molecule has 0 atom stereocenters. The van der Waals surface area contributed by atoms with E-state index in [9.17, 15) is 0 Å². The Bertz CT molecular complexity index is 238. The van der Waals surface area contributed by atoms with Crippen molar-refractivity contribution < 1.29 is 0 Å². The topological polar surface area (TPSA) is 12.9 Å². The maximum absolute atomic E-state index is 4.23. The van der Waals surface area contributed by atoms with Crippen LogP contribution in [0.5, 0.6) is 0 Å². The van der Waals surface area contributed by atoms with Gasteiger partial charge in [-0.15, -0.1) is 0 Å². The lowest BCUT2D eigenvalue weighted by Gasteiger charge is -2.02. The fourth-order valence-corrected chi connectivity index (χ4v) is 1.09. The summed E-state index contributed by atoms with van der Waals surface area (Å²) < 4.78 is 0. The Labute approximate surface area is 74.2 Å². The predicted molar refractivity (Wildman–Crippen MR) is 52.8 cm³/mol. The second-order valence-electron chi connectivity index (χ2n) is 2.92. The van der Waals surface area contributed by atoms with Crippen molar-refractivity contribution in [3.8, 4) is 0 Å². The maximum atomic E-state index is 4.23. The fourth-order valence-electron chi connectivity index (χ4n) is 1.09. The van der Waals surface area contributed by atoms with Gasteiger partial charge in [0.25, 0.3) is 0 Å². The third kappa shape index (κ3) is 2.50. The van der Waals surface area contributed by atoms with Crippen molar-refractivity contribution in [2.45, 2.75) is 26.2 Å². The number of hydrogen-bond acceptors (Lipinski definition) is 1. The van der Waals surface area contributed by atoms with E-state index in [1.165, 1.54) is 12.8 Å². The maximum Gasteiger partial charge on any atom is 0.0655 e. The summed E-state index contributed by atoms with van der Waals surface area (Å²) in [6.45, 7) is 6.19. The van der Waals surface area contributed by atoms with Crippen molar-refractivity contribution in [2.24, 2.45) is 0 Å². The SMILES string of the molecule is C=C(CCCC)c1ccccn1. The second kappa shape index (κ2) is 4.70. The quantitative estimate of drug-likeness (QED) is 0.660. The third-order valence-corrected chi connectivity index (χ3v) is 1.86. The average molecular weight is 161 g/mol. The number of rotatable bonds is 4. The van der Waals surface area contributed by atoms with Crippen LogP contribution in [0.4, 0.5) is 0 Å². The van der Waals surface area contributed by atoms with E-state index in [1.807, 2.05) is 24.4 Å². The van der Waals surface area contributed by atoms with Crippen LogP contribution >= 0.6 is 0 Å². The molecule has 1 heteroatoms. The Morgan fingerprint density at radius 1 is 1.50 bits per heavy atom. The van der Waals surface area contributed by atoms with Gasteiger partial charge in [0.05, 0.1) is 5.69 Å². The Balaban J connectivity index is 2.54. The number of pyridine rings is 1. The van der Waals surface area contributed by atoms with E-state index in [0.29, 0.717) is 0 Å². The molecule has 0 aliphatic rings. The van der Waals surface area contributed by atoms with Gasteiger partial charge in [0.1, 0.15) is 0 Å². The summed E-state index contributed by atoms with van der Waals surface area (Å²) in [5.41, 5.74) is 2.18. The van der Waals surface area contributed by atoms with Crippen LogP contribution in [0.3, 0.4) is 0 Å². The molecule has 0 bridgehead atoms. The lowest BCUT2D eigenvalue weighted by atomic mass is 10.1. The highest BCUT2D eigenvalue weighted by Gasteiger charge is 1.97. The van der Waals surface area contributed by atoms with Gasteiger partial charge in [-0.1, -0.05) is 26.0 Å². The van der Waals surface area contributed by atoms with Gasteiger partial charge in [0.15, 0.2) is 0 Å². The highest BCUT2D eigenvalue weighted by molar-refractivity contribution is 5.59. The summed E-state index contributed by atoms with van der Waals surface area (Å²) in [5, 5.41) is 0. The van der Waals surface area contributed by atoms with Crippen LogP contribution in [-0.2, 0) is 0 Å². The Hall–Kier alpha value is -1.11. The number of unbranched alkanes of at least 4 members (excludes halogenated alkanes) is 1. The molecule has 1 aromatic heterocycles. The second-order valence-corrected chi connectivity index (χ2v) is 2.92. The minimum atomic E-state index is 1.03. The lowest BCUT2D eigenvalue weighted by Crippen LogP contribution is -1.86. The normalized spacial score (nSPS) is 9.75. The molecular formula is C11H15N. The molecule has 1 aromatic rings. The van der Waals surface area contributed by atoms with Gasteiger partial charge in [0, 0.05) is 6.20 Å². The molecule has 12 heavy (non-hydrogen) atoms. The van der Waals surface area contributed by atoms with Gasteiger partial charge in [-0.05, 0) is 30.5 Å². The largest absolute Gasteiger partial charge is 0.257 e. The summed E-state index contributed by atoms with van der Waals surface area (Å²) in [6.07, 6.45) is 5.29. The average Bonchev–Trinajstić information content (AvgIpc) is 2.15. The fraction of sp³-hybridized carbons (Fsp3) is 0.364. The van der Waals surface area contributed by atoms with Crippen LogP contribution in [0, 0.1) is 0 Å². The zero-order valence-corrected chi connectivity index (χ0v) is 7.59. The van der Waals surface area contributed by atoms with E-state index in [4.69, 9.17) is 0 Å². The van der Waals surface area contributed by atoms with Crippen LogP contribution in [0.2, 0.25) is 0 Å². The zero-order chi connectivity index (χ0) is 8.81. The van der Waals surface area contributed by atoms with Crippen LogP contribution in [0.25, 0.3) is 5.57 Å². The summed E-state index contributed by atoms with van der Waals surface area (Å²) in [7, 11) is 0. The predicted octanol–water partition coefficient (Wildman–Crippen LogP) is 3.29. The van der Waals surface area contributed by atoms with Crippen molar-refractivity contribution in [2.75, 3.05) is 0 Å². The van der Waals surface area contributed by atoms with E-state index < -0.39 is 0 Å². The monoisotopic (exact) mass is 161 g/mol. The molecule has 64 valence electrons. The standard InChI is InChI=1S/C11H15N/c1-3-4-7-10(2)11-8-5-6-9-12-11/h5-6,8-9H,2-4,7H2,1H3. The van der Waals surface area contributed by atoms with Gasteiger partial charge in [-0.2, -0.15) is 0 Å². The zero-order valence-electron chi connectivity index (χ0n) is 7.59. The highest BCUT2D eigenvalue weighted by atomic mass is 14.7.